The van der Waals surface area contributed by atoms with Crippen molar-refractivity contribution in [3.63, 3.8) is 0 Å². The molecule has 0 bridgehead atoms. The normalized spacial score (nSPS) is 10.6. The van der Waals surface area contributed by atoms with Gasteiger partial charge in [-0.05, 0) is 43.3 Å². The highest BCUT2D eigenvalue weighted by molar-refractivity contribution is 5.97. The number of amides is 1. The standard InChI is InChI=1S/C16H14N4O2/c1-12(15-4-2-3-9-18-15)19-20-16(21)11-22-14-7-5-13(10-17)6-8-14/h2-9H,11H2,1H3,(H,20,21)/b19-12-. The minimum atomic E-state index is -0.375. The fourth-order valence-electron chi connectivity index (χ4n) is 1.59. The van der Waals surface area contributed by atoms with Gasteiger partial charge in [0.05, 0.1) is 23.0 Å². The molecule has 1 aromatic carbocycles. The second-order valence-corrected chi connectivity index (χ2v) is 4.37. The molecule has 6 nitrogen and oxygen atoms in total. The molecule has 1 heterocycles. The smallest absolute Gasteiger partial charge is 0.277 e. The number of hydrogen-bond acceptors (Lipinski definition) is 5. The zero-order chi connectivity index (χ0) is 15.8. The third-order valence-electron chi connectivity index (χ3n) is 2.74. The van der Waals surface area contributed by atoms with Gasteiger partial charge in [0, 0.05) is 6.20 Å². The number of nitrogens with zero attached hydrogens (tertiary/aromatic N) is 3. The van der Waals surface area contributed by atoms with E-state index in [2.05, 4.69) is 15.5 Å². The predicted octanol–water partition coefficient (Wildman–Crippen LogP) is 1.87. The Bertz CT molecular complexity index is 703. The number of aromatic nitrogens is 1. The lowest BCUT2D eigenvalue weighted by Crippen LogP contribution is -2.25. The molecular weight excluding hydrogens is 280 g/mol. The van der Waals surface area contributed by atoms with E-state index >= 15 is 0 Å². The highest BCUT2D eigenvalue weighted by Gasteiger charge is 2.03. The second-order valence-electron chi connectivity index (χ2n) is 4.37. The summed E-state index contributed by atoms with van der Waals surface area (Å²) in [4.78, 5) is 15.8. The Hall–Kier alpha value is -3.20. The van der Waals surface area contributed by atoms with Crippen molar-refractivity contribution in [2.45, 2.75) is 6.92 Å². The second kappa shape index (κ2) is 7.55. The summed E-state index contributed by atoms with van der Waals surface area (Å²) in [5.74, 6) is 0.138. The van der Waals surface area contributed by atoms with Crippen molar-refractivity contribution >= 4 is 11.6 Å². The molecule has 0 saturated heterocycles. The van der Waals surface area contributed by atoms with Crippen molar-refractivity contribution in [2.75, 3.05) is 6.61 Å². The Kier molecular flexibility index (Phi) is 5.21. The van der Waals surface area contributed by atoms with Crippen molar-refractivity contribution < 1.29 is 9.53 Å². The molecule has 2 aromatic rings. The molecule has 0 saturated carbocycles. The molecule has 2 rings (SSSR count). The van der Waals surface area contributed by atoms with Crippen molar-refractivity contribution in [1.82, 2.24) is 10.4 Å². The van der Waals surface area contributed by atoms with Crippen LogP contribution in [0.3, 0.4) is 0 Å². The minimum Gasteiger partial charge on any atom is -0.484 e. The number of nitriles is 1. The van der Waals surface area contributed by atoms with Crippen LogP contribution in [0.1, 0.15) is 18.2 Å². The van der Waals surface area contributed by atoms with Crippen molar-refractivity contribution in [2.24, 2.45) is 5.10 Å². The largest absolute Gasteiger partial charge is 0.484 e. The molecule has 0 radical (unpaired) electrons. The average molecular weight is 294 g/mol. The summed E-state index contributed by atoms with van der Waals surface area (Å²) in [6, 6.07) is 14.0. The fraction of sp³-hybridized carbons (Fsp3) is 0.125. The summed E-state index contributed by atoms with van der Waals surface area (Å²) < 4.78 is 5.30. The summed E-state index contributed by atoms with van der Waals surface area (Å²) in [6.45, 7) is 1.59. The highest BCUT2D eigenvalue weighted by atomic mass is 16.5. The Balaban J connectivity index is 1.84. The third kappa shape index (κ3) is 4.42. The van der Waals surface area contributed by atoms with E-state index in [-0.39, 0.29) is 12.5 Å². The Morgan fingerprint density at radius 1 is 1.32 bits per heavy atom. The molecule has 0 aliphatic heterocycles. The van der Waals surface area contributed by atoms with Crippen LogP contribution in [0.5, 0.6) is 5.75 Å². The minimum absolute atomic E-state index is 0.162. The molecule has 1 amide bonds. The van der Waals surface area contributed by atoms with E-state index in [9.17, 15) is 4.79 Å². The summed E-state index contributed by atoms with van der Waals surface area (Å²) in [5, 5.41) is 12.7. The van der Waals surface area contributed by atoms with Gasteiger partial charge in [0.15, 0.2) is 6.61 Å². The van der Waals surface area contributed by atoms with E-state index in [0.717, 1.165) is 0 Å². The molecule has 0 atom stereocenters. The summed E-state index contributed by atoms with van der Waals surface area (Å²) in [7, 11) is 0. The molecule has 0 aliphatic rings. The molecule has 1 N–H and O–H groups in total. The quantitative estimate of drug-likeness (QED) is 0.673. The van der Waals surface area contributed by atoms with Crippen LogP contribution in [-0.2, 0) is 4.79 Å². The van der Waals surface area contributed by atoms with Crippen LogP contribution in [0.15, 0.2) is 53.8 Å². The highest BCUT2D eigenvalue weighted by Crippen LogP contribution is 2.11. The van der Waals surface area contributed by atoms with Gasteiger partial charge < -0.3 is 4.74 Å². The predicted molar refractivity (Wildman–Crippen MR) is 81.2 cm³/mol. The van der Waals surface area contributed by atoms with Crippen LogP contribution in [0, 0.1) is 11.3 Å². The van der Waals surface area contributed by atoms with Crippen molar-refractivity contribution in [1.29, 1.82) is 5.26 Å². The zero-order valence-electron chi connectivity index (χ0n) is 12.0. The molecule has 0 unspecified atom stereocenters. The fourth-order valence-corrected chi connectivity index (χ4v) is 1.59. The van der Waals surface area contributed by atoms with Crippen molar-refractivity contribution in [3.8, 4) is 11.8 Å². The summed E-state index contributed by atoms with van der Waals surface area (Å²) in [5.41, 5.74) is 4.23. The number of hydrazone groups is 1. The molecule has 6 heteroatoms. The van der Waals surface area contributed by atoms with Gasteiger partial charge in [-0.2, -0.15) is 10.4 Å². The lowest BCUT2D eigenvalue weighted by Gasteiger charge is -2.05. The van der Waals surface area contributed by atoms with E-state index in [4.69, 9.17) is 10.00 Å². The molecule has 22 heavy (non-hydrogen) atoms. The zero-order valence-corrected chi connectivity index (χ0v) is 12.0. The van der Waals surface area contributed by atoms with Gasteiger partial charge in [-0.3, -0.25) is 9.78 Å². The lowest BCUT2D eigenvalue weighted by atomic mass is 10.2. The van der Waals surface area contributed by atoms with Gasteiger partial charge in [0.25, 0.3) is 5.91 Å². The topological polar surface area (TPSA) is 87.4 Å². The monoisotopic (exact) mass is 294 g/mol. The maximum atomic E-state index is 11.7. The number of benzene rings is 1. The van der Waals surface area contributed by atoms with Crippen LogP contribution < -0.4 is 10.2 Å². The molecule has 110 valence electrons. The number of nitrogens with one attached hydrogen (secondary N) is 1. The summed E-state index contributed by atoms with van der Waals surface area (Å²) >= 11 is 0. The lowest BCUT2D eigenvalue weighted by molar-refractivity contribution is -0.123. The molecule has 0 spiro atoms. The van der Waals surface area contributed by atoms with E-state index in [0.29, 0.717) is 22.7 Å². The SMILES string of the molecule is C/C(=N/NC(=O)COc1ccc(C#N)cc1)c1ccccn1. The van der Waals surface area contributed by atoms with Crippen LogP contribution in [0.4, 0.5) is 0 Å². The van der Waals surface area contributed by atoms with Gasteiger partial charge in [0.1, 0.15) is 5.75 Å². The maximum Gasteiger partial charge on any atom is 0.277 e. The number of hydrogen-bond donors (Lipinski definition) is 1. The van der Waals surface area contributed by atoms with E-state index < -0.39 is 0 Å². The number of carbonyl (C=O) groups is 1. The third-order valence-corrected chi connectivity index (χ3v) is 2.74. The number of carbonyl (C=O) groups excluding carboxylic acids is 1. The van der Waals surface area contributed by atoms with Gasteiger partial charge in [0.2, 0.25) is 0 Å². The molecule has 0 fully saturated rings. The molecule has 0 aliphatic carbocycles. The number of ether oxygens (including phenoxy) is 1. The Morgan fingerprint density at radius 3 is 2.73 bits per heavy atom. The van der Waals surface area contributed by atoms with E-state index in [1.54, 1.807) is 49.5 Å². The van der Waals surface area contributed by atoms with Crippen LogP contribution in [-0.4, -0.2) is 23.2 Å². The van der Waals surface area contributed by atoms with Crippen molar-refractivity contribution in [3.05, 3.63) is 59.9 Å². The van der Waals surface area contributed by atoms with Gasteiger partial charge in [-0.25, -0.2) is 5.43 Å². The number of rotatable bonds is 5. The molecule has 1 aromatic heterocycles. The number of pyridine rings is 1. The van der Waals surface area contributed by atoms with Crippen LogP contribution in [0.25, 0.3) is 0 Å². The maximum absolute atomic E-state index is 11.7. The summed E-state index contributed by atoms with van der Waals surface area (Å²) in [6.07, 6.45) is 1.66. The van der Waals surface area contributed by atoms with E-state index in [1.807, 2.05) is 12.1 Å². The first-order valence-corrected chi connectivity index (χ1v) is 6.56. The molecular formula is C16H14N4O2. The van der Waals surface area contributed by atoms with Crippen LogP contribution >= 0.6 is 0 Å². The van der Waals surface area contributed by atoms with E-state index in [1.165, 1.54) is 0 Å². The van der Waals surface area contributed by atoms with Crippen LogP contribution in [0.2, 0.25) is 0 Å². The van der Waals surface area contributed by atoms with Gasteiger partial charge in [-0.15, -0.1) is 0 Å². The first kappa shape index (κ1) is 15.2. The average Bonchev–Trinajstić information content (AvgIpc) is 2.59. The van der Waals surface area contributed by atoms with Gasteiger partial charge >= 0.3 is 0 Å². The Labute approximate surface area is 128 Å². The first-order valence-electron chi connectivity index (χ1n) is 6.56. The first-order chi connectivity index (χ1) is 10.7. The van der Waals surface area contributed by atoms with Gasteiger partial charge in [-0.1, -0.05) is 6.07 Å². The Morgan fingerprint density at radius 2 is 2.09 bits per heavy atom.